The molecule has 2 N–H and O–H groups in total. The molecule has 2 nitrogen and oxygen atoms in total. The summed E-state index contributed by atoms with van der Waals surface area (Å²) in [5.41, 5.74) is 1.37. The monoisotopic (exact) mass is 484 g/mol. The molecule has 0 heterocycles. The van der Waals surface area contributed by atoms with Crippen molar-refractivity contribution in [3.8, 4) is 0 Å². The molecule has 0 unspecified atom stereocenters. The fourth-order valence-electron chi connectivity index (χ4n) is 2.17. The predicted octanol–water partition coefficient (Wildman–Crippen LogP) is 5.27. The molecule has 0 aliphatic carbocycles. The first kappa shape index (κ1) is 20.8. The summed E-state index contributed by atoms with van der Waals surface area (Å²) in [6, 6.07) is 18.2. The quantitative estimate of drug-likeness (QED) is 0.548. The van der Waals surface area contributed by atoms with Gasteiger partial charge in [-0.3, -0.25) is 0 Å². The molecule has 2 aromatic carbocycles. The third-order valence-electron chi connectivity index (χ3n) is 3.45. The minimum absolute atomic E-state index is 0.275. The van der Waals surface area contributed by atoms with Gasteiger partial charge in [0.15, 0.2) is 0 Å². The summed E-state index contributed by atoms with van der Waals surface area (Å²) < 4.78 is 0.594. The van der Waals surface area contributed by atoms with E-state index in [1.165, 1.54) is 0 Å². The van der Waals surface area contributed by atoms with Crippen LogP contribution < -0.4 is 0 Å². The van der Waals surface area contributed by atoms with E-state index in [-0.39, 0.29) is 10.1 Å². The maximum absolute atomic E-state index is 9.87. The first-order chi connectivity index (χ1) is 11.9. The SMILES string of the molecule is OC/C(=C(/Cl)c1ccccc1)[Se](Cl)(Cl)/C(CO)=C(\Cl)c1ccccc1. The molecule has 7 heteroatoms. The van der Waals surface area contributed by atoms with Gasteiger partial charge >= 0.3 is 169 Å². The Kier molecular flexibility index (Phi) is 7.88. The zero-order valence-corrected chi connectivity index (χ0v) is 17.7. The van der Waals surface area contributed by atoms with Crippen LogP contribution in [0.5, 0.6) is 0 Å². The van der Waals surface area contributed by atoms with Crippen LogP contribution in [0.1, 0.15) is 11.1 Å². The Morgan fingerprint density at radius 1 is 0.680 bits per heavy atom. The zero-order valence-electron chi connectivity index (χ0n) is 13.0. The molecule has 25 heavy (non-hydrogen) atoms. The van der Waals surface area contributed by atoms with Crippen LogP contribution in [0, 0.1) is 0 Å². The van der Waals surface area contributed by atoms with E-state index < -0.39 is 24.2 Å². The van der Waals surface area contributed by atoms with Crippen molar-refractivity contribution >= 4 is 64.5 Å². The summed E-state index contributed by atoms with van der Waals surface area (Å²) in [5.74, 6) is 0. The summed E-state index contributed by atoms with van der Waals surface area (Å²) in [7, 11) is 13.4. The Hall–Kier alpha value is -0.481. The second-order valence-electron chi connectivity index (χ2n) is 4.99. The first-order valence-electron chi connectivity index (χ1n) is 7.26. The van der Waals surface area contributed by atoms with Gasteiger partial charge in [-0.15, -0.1) is 0 Å². The molecule has 2 aromatic rings. The first-order valence-corrected chi connectivity index (χ1v) is 14.2. The molecule has 2 rings (SSSR count). The van der Waals surface area contributed by atoms with Crippen LogP contribution in [-0.4, -0.2) is 34.4 Å². The van der Waals surface area contributed by atoms with Gasteiger partial charge in [0, 0.05) is 0 Å². The van der Waals surface area contributed by atoms with Crippen LogP contribution in [0.3, 0.4) is 0 Å². The Morgan fingerprint density at radius 2 is 1.00 bits per heavy atom. The number of hydrogen-bond donors (Lipinski definition) is 2. The molecule has 0 aromatic heterocycles. The standard InChI is InChI=1S/C18H16Cl4O2Se/c19-17(13-7-3-1-4-8-13)15(11-23)25(21,22)16(12-24)18(20)14-9-5-2-6-10-14/h1-10,23-24H,11-12H2/b17-15-,18-16-. The van der Waals surface area contributed by atoms with Gasteiger partial charge in [0.05, 0.1) is 0 Å². The molecular formula is C18H16Cl4O2Se. The van der Waals surface area contributed by atoms with Gasteiger partial charge in [0.25, 0.3) is 0 Å². The van der Waals surface area contributed by atoms with Gasteiger partial charge in [-0.2, -0.15) is 0 Å². The summed E-state index contributed by atoms with van der Waals surface area (Å²) in [4.78, 5) is 0. The second kappa shape index (κ2) is 9.45. The third kappa shape index (κ3) is 4.82. The number of hydrogen-bond acceptors (Lipinski definition) is 2. The fraction of sp³-hybridized carbons (Fsp3) is 0.111. The minimum atomic E-state index is -3.73. The number of aliphatic hydroxyl groups excluding tert-OH is 2. The van der Waals surface area contributed by atoms with Crippen molar-refractivity contribution in [1.29, 1.82) is 0 Å². The van der Waals surface area contributed by atoms with Crippen LogP contribution >= 0.6 is 43.4 Å². The van der Waals surface area contributed by atoms with E-state index in [0.717, 1.165) is 0 Å². The van der Waals surface area contributed by atoms with E-state index in [1.807, 2.05) is 36.4 Å². The van der Waals surface area contributed by atoms with Gasteiger partial charge in [-0.05, 0) is 0 Å². The van der Waals surface area contributed by atoms with E-state index in [0.29, 0.717) is 20.1 Å². The van der Waals surface area contributed by atoms with Gasteiger partial charge in [-0.1, -0.05) is 0 Å². The van der Waals surface area contributed by atoms with Gasteiger partial charge in [-0.25, -0.2) is 0 Å². The Bertz CT molecular complexity index is 709. The van der Waals surface area contributed by atoms with E-state index in [1.54, 1.807) is 24.3 Å². The number of rotatable bonds is 6. The Labute approximate surface area is 168 Å². The predicted molar refractivity (Wildman–Crippen MR) is 110 cm³/mol. The molecular weight excluding hydrogens is 469 g/mol. The summed E-state index contributed by atoms with van der Waals surface area (Å²) >= 11 is 9.17. The molecule has 0 amide bonds. The number of benzene rings is 2. The summed E-state index contributed by atoms with van der Waals surface area (Å²) in [6.45, 7) is -0.855. The van der Waals surface area contributed by atoms with Crippen LogP contribution in [0.25, 0.3) is 10.1 Å². The third-order valence-corrected chi connectivity index (χ3v) is 12.7. The second-order valence-corrected chi connectivity index (χ2v) is 15.4. The van der Waals surface area contributed by atoms with Crippen molar-refractivity contribution in [3.63, 3.8) is 0 Å². The molecule has 0 saturated carbocycles. The number of halogens is 4. The van der Waals surface area contributed by atoms with E-state index in [2.05, 4.69) is 0 Å². The van der Waals surface area contributed by atoms with Gasteiger partial charge < -0.3 is 0 Å². The van der Waals surface area contributed by atoms with Crippen LogP contribution in [-0.2, 0) is 0 Å². The van der Waals surface area contributed by atoms with Crippen molar-refractivity contribution in [3.05, 3.63) is 80.7 Å². The molecule has 0 saturated heterocycles. The fourth-order valence-corrected chi connectivity index (χ4v) is 9.92. The topological polar surface area (TPSA) is 40.5 Å². The molecule has 0 spiro atoms. The molecule has 0 aliphatic heterocycles. The van der Waals surface area contributed by atoms with E-state index in [9.17, 15) is 10.2 Å². The van der Waals surface area contributed by atoms with Crippen molar-refractivity contribution in [1.82, 2.24) is 0 Å². The van der Waals surface area contributed by atoms with E-state index >= 15 is 0 Å². The summed E-state index contributed by atoms with van der Waals surface area (Å²) in [6.07, 6.45) is 0. The molecule has 0 bridgehead atoms. The van der Waals surface area contributed by atoms with Gasteiger partial charge in [0.1, 0.15) is 0 Å². The Balaban J connectivity index is 2.60. The van der Waals surface area contributed by atoms with Crippen molar-refractivity contribution < 1.29 is 10.2 Å². The zero-order chi connectivity index (χ0) is 18.4. The molecule has 0 fully saturated rings. The van der Waals surface area contributed by atoms with Crippen LogP contribution in [0.15, 0.2) is 69.6 Å². The van der Waals surface area contributed by atoms with Crippen molar-refractivity contribution in [2.45, 2.75) is 0 Å². The van der Waals surface area contributed by atoms with Gasteiger partial charge in [0.2, 0.25) is 0 Å². The normalized spacial score (nSPS) is 14.6. The molecule has 0 aliphatic rings. The molecule has 0 atom stereocenters. The number of aliphatic hydroxyl groups is 2. The van der Waals surface area contributed by atoms with Crippen LogP contribution in [0.2, 0.25) is 0 Å². The maximum atomic E-state index is 9.87. The van der Waals surface area contributed by atoms with Crippen molar-refractivity contribution in [2.24, 2.45) is 0 Å². The van der Waals surface area contributed by atoms with E-state index in [4.69, 9.17) is 43.4 Å². The molecule has 134 valence electrons. The average Bonchev–Trinajstić information content (AvgIpc) is 2.63. The van der Waals surface area contributed by atoms with Crippen LogP contribution in [0.4, 0.5) is 0 Å². The molecule has 0 radical (unpaired) electrons. The Morgan fingerprint density at radius 3 is 1.28 bits per heavy atom. The summed E-state index contributed by atoms with van der Waals surface area (Å²) in [5, 5.41) is 20.3. The average molecular weight is 485 g/mol. The van der Waals surface area contributed by atoms with Crippen molar-refractivity contribution in [2.75, 3.05) is 13.2 Å².